The van der Waals surface area contributed by atoms with Gasteiger partial charge in [-0.05, 0) is 31.2 Å². The van der Waals surface area contributed by atoms with Gasteiger partial charge >= 0.3 is 0 Å². The Bertz CT molecular complexity index is 1600. The van der Waals surface area contributed by atoms with E-state index >= 15 is 4.39 Å². The molecule has 0 spiro atoms. The molecule has 2 aromatic heterocycles. The molecule has 0 saturated carbocycles. The molecule has 5 rings (SSSR count). The van der Waals surface area contributed by atoms with Gasteiger partial charge in [0.15, 0.2) is 5.82 Å². The second-order valence-electron chi connectivity index (χ2n) is 9.77. The number of imidazole rings is 1. The number of carbonyl (C=O) groups excluding carboxylic acids is 2. The van der Waals surface area contributed by atoms with Crippen LogP contribution in [-0.4, -0.2) is 75.9 Å². The van der Waals surface area contributed by atoms with Crippen LogP contribution in [0, 0.1) is 12.7 Å². The van der Waals surface area contributed by atoms with Crippen molar-refractivity contribution < 1.29 is 18.7 Å². The van der Waals surface area contributed by atoms with Crippen LogP contribution >= 0.6 is 24.0 Å². The van der Waals surface area contributed by atoms with E-state index in [1.165, 1.54) is 12.3 Å². The van der Waals surface area contributed by atoms with Crippen molar-refractivity contribution in [3.8, 4) is 22.4 Å². The van der Waals surface area contributed by atoms with E-state index < -0.39 is 11.7 Å². The third-order valence-corrected chi connectivity index (χ3v) is 7.53. The SMILES string of the molecule is COCCn1ncc(-c2ccc(-c3cnc(C(=O)Nc4ccc(C(=O)N5CCNCC5)c(Cl)c4)n3C)cc2F)c1C.Cl. The number of anilines is 1. The van der Waals surface area contributed by atoms with Crippen LogP contribution in [0.25, 0.3) is 22.4 Å². The Balaban J connectivity index is 0.00000405. The number of ether oxygens (including phenoxy) is 1. The maximum absolute atomic E-state index is 15.3. The predicted octanol–water partition coefficient (Wildman–Crippen LogP) is 4.42. The molecular formula is C29H32Cl2FN7O3. The minimum Gasteiger partial charge on any atom is -0.383 e. The molecule has 2 aromatic carbocycles. The topological polar surface area (TPSA) is 106 Å². The molecule has 1 aliphatic rings. The molecule has 0 bridgehead atoms. The Morgan fingerprint density at radius 2 is 1.88 bits per heavy atom. The Hall–Kier alpha value is -3.77. The van der Waals surface area contributed by atoms with Crippen LogP contribution in [0.5, 0.6) is 0 Å². The molecule has 10 nitrogen and oxygen atoms in total. The van der Waals surface area contributed by atoms with Crippen molar-refractivity contribution in [3.05, 3.63) is 76.7 Å². The highest BCUT2D eigenvalue weighted by molar-refractivity contribution is 6.34. The second kappa shape index (κ2) is 13.5. The van der Waals surface area contributed by atoms with Gasteiger partial charge in [0.25, 0.3) is 11.8 Å². The third-order valence-electron chi connectivity index (χ3n) is 7.22. The van der Waals surface area contributed by atoms with Crippen molar-refractivity contribution in [2.75, 3.05) is 45.2 Å². The number of carbonyl (C=O) groups is 2. The molecule has 0 aliphatic carbocycles. The van der Waals surface area contributed by atoms with Gasteiger partial charge in [-0.3, -0.25) is 14.3 Å². The summed E-state index contributed by atoms with van der Waals surface area (Å²) in [5, 5.41) is 10.6. The normalized spacial score (nSPS) is 13.1. The molecule has 1 saturated heterocycles. The van der Waals surface area contributed by atoms with Crippen LogP contribution in [0.2, 0.25) is 5.02 Å². The van der Waals surface area contributed by atoms with Crippen LogP contribution in [0.3, 0.4) is 0 Å². The summed E-state index contributed by atoms with van der Waals surface area (Å²) >= 11 is 6.41. The standard InChI is InChI=1S/C29H31ClFN7O3.ClH/c1-18-23(16-34-38(18)12-13-41-3)21-6-4-19(14-25(21)31)26-17-33-27(36(26)2)28(39)35-20-5-7-22(24(30)15-20)29(40)37-10-8-32-9-11-37;/h4-7,14-17,32H,8-13H2,1-3H3,(H,35,39);1H. The zero-order chi connectivity index (χ0) is 29.1. The van der Waals surface area contributed by atoms with Crippen LogP contribution in [0.4, 0.5) is 10.1 Å². The fourth-order valence-electron chi connectivity index (χ4n) is 4.89. The number of benzene rings is 2. The van der Waals surface area contributed by atoms with E-state index in [0.29, 0.717) is 59.9 Å². The van der Waals surface area contributed by atoms with Gasteiger partial charge in [0.05, 0.1) is 41.8 Å². The van der Waals surface area contributed by atoms with Gasteiger partial charge in [0, 0.05) is 68.4 Å². The van der Waals surface area contributed by atoms with Crippen molar-refractivity contribution in [3.63, 3.8) is 0 Å². The Kier molecular flexibility index (Phi) is 10.00. The molecule has 1 aliphatic heterocycles. The minimum absolute atomic E-state index is 0. The van der Waals surface area contributed by atoms with Crippen LogP contribution in [0.1, 0.15) is 26.7 Å². The van der Waals surface area contributed by atoms with Gasteiger partial charge in [-0.25, -0.2) is 9.37 Å². The number of piperazine rings is 1. The Morgan fingerprint density at radius 3 is 2.57 bits per heavy atom. The quantitative estimate of drug-likeness (QED) is 0.304. The highest BCUT2D eigenvalue weighted by Crippen LogP contribution is 2.30. The number of aromatic nitrogens is 4. The van der Waals surface area contributed by atoms with Gasteiger partial charge in [-0.1, -0.05) is 23.7 Å². The summed E-state index contributed by atoms with van der Waals surface area (Å²) in [4.78, 5) is 31.9. The smallest absolute Gasteiger partial charge is 0.291 e. The van der Waals surface area contributed by atoms with E-state index in [0.717, 1.165) is 18.8 Å². The first kappa shape index (κ1) is 31.2. The fourth-order valence-corrected chi connectivity index (χ4v) is 5.15. The summed E-state index contributed by atoms with van der Waals surface area (Å²) in [6.45, 7) is 5.67. The van der Waals surface area contributed by atoms with E-state index in [1.54, 1.807) is 64.8 Å². The van der Waals surface area contributed by atoms with E-state index in [9.17, 15) is 9.59 Å². The number of nitrogens with one attached hydrogen (secondary N) is 2. The van der Waals surface area contributed by atoms with Gasteiger partial charge in [-0.15, -0.1) is 12.4 Å². The van der Waals surface area contributed by atoms with Crippen molar-refractivity contribution in [1.82, 2.24) is 29.5 Å². The monoisotopic (exact) mass is 615 g/mol. The molecule has 1 fully saturated rings. The summed E-state index contributed by atoms with van der Waals surface area (Å²) < 4.78 is 23.8. The first-order valence-electron chi connectivity index (χ1n) is 13.2. The number of amides is 2. The number of methoxy groups -OCH3 is 1. The largest absolute Gasteiger partial charge is 0.383 e. The van der Waals surface area contributed by atoms with Gasteiger partial charge in [-0.2, -0.15) is 5.10 Å². The van der Waals surface area contributed by atoms with Gasteiger partial charge < -0.3 is 24.8 Å². The molecule has 2 N–H and O–H groups in total. The molecule has 0 atom stereocenters. The average Bonchev–Trinajstić information content (AvgIpc) is 3.54. The molecule has 13 heteroatoms. The van der Waals surface area contributed by atoms with Crippen LogP contribution in [0.15, 0.2) is 48.8 Å². The lowest BCUT2D eigenvalue weighted by molar-refractivity contribution is 0.0736. The molecule has 3 heterocycles. The molecule has 42 heavy (non-hydrogen) atoms. The summed E-state index contributed by atoms with van der Waals surface area (Å²) in [6, 6.07) is 9.71. The van der Waals surface area contributed by atoms with E-state index in [4.69, 9.17) is 16.3 Å². The molecule has 2 amide bonds. The molecule has 0 unspecified atom stereocenters. The molecule has 222 valence electrons. The first-order chi connectivity index (χ1) is 19.8. The molecule has 4 aromatic rings. The summed E-state index contributed by atoms with van der Waals surface area (Å²) in [5.41, 5.74) is 3.94. The van der Waals surface area contributed by atoms with Crippen LogP contribution < -0.4 is 10.6 Å². The first-order valence-corrected chi connectivity index (χ1v) is 13.6. The lowest BCUT2D eigenvalue weighted by atomic mass is 10.0. The molecule has 0 radical (unpaired) electrons. The Labute approximate surface area is 254 Å². The number of hydrogen-bond acceptors (Lipinski definition) is 6. The summed E-state index contributed by atoms with van der Waals surface area (Å²) in [6.07, 6.45) is 3.18. The third kappa shape index (κ3) is 6.34. The zero-order valence-corrected chi connectivity index (χ0v) is 25.1. The summed E-state index contributed by atoms with van der Waals surface area (Å²) in [5.74, 6) is -0.880. The van der Waals surface area contributed by atoms with Crippen molar-refractivity contribution in [2.24, 2.45) is 7.05 Å². The molecular weight excluding hydrogens is 584 g/mol. The van der Waals surface area contributed by atoms with Crippen LogP contribution in [-0.2, 0) is 18.3 Å². The van der Waals surface area contributed by atoms with E-state index in [1.807, 2.05) is 6.92 Å². The summed E-state index contributed by atoms with van der Waals surface area (Å²) in [7, 11) is 3.31. The number of halogens is 3. The number of nitrogens with zero attached hydrogens (tertiary/aromatic N) is 5. The highest BCUT2D eigenvalue weighted by Gasteiger charge is 2.22. The second-order valence-corrected chi connectivity index (χ2v) is 10.2. The fraction of sp³-hybridized carbons (Fsp3) is 0.310. The predicted molar refractivity (Wildman–Crippen MR) is 162 cm³/mol. The van der Waals surface area contributed by atoms with Gasteiger partial charge in [0.2, 0.25) is 0 Å². The lowest BCUT2D eigenvalue weighted by Gasteiger charge is -2.27. The number of rotatable bonds is 8. The van der Waals surface area contributed by atoms with Crippen molar-refractivity contribution >= 4 is 41.5 Å². The van der Waals surface area contributed by atoms with Gasteiger partial charge in [0.1, 0.15) is 5.82 Å². The maximum atomic E-state index is 15.3. The average molecular weight is 617 g/mol. The minimum atomic E-state index is -0.466. The maximum Gasteiger partial charge on any atom is 0.291 e. The van der Waals surface area contributed by atoms with E-state index in [2.05, 4.69) is 20.7 Å². The zero-order valence-electron chi connectivity index (χ0n) is 23.5. The highest BCUT2D eigenvalue weighted by atomic mass is 35.5. The number of hydrogen-bond donors (Lipinski definition) is 2. The van der Waals surface area contributed by atoms with Crippen molar-refractivity contribution in [2.45, 2.75) is 13.5 Å². The van der Waals surface area contributed by atoms with E-state index in [-0.39, 0.29) is 29.2 Å². The lowest BCUT2D eigenvalue weighted by Crippen LogP contribution is -2.46. The Morgan fingerprint density at radius 1 is 1.12 bits per heavy atom. The van der Waals surface area contributed by atoms with Crippen molar-refractivity contribution in [1.29, 1.82) is 0 Å².